The Balaban J connectivity index is 2.70. The third-order valence-electron chi connectivity index (χ3n) is 3.84. The third-order valence-corrected chi connectivity index (χ3v) is 4.96. The van der Waals surface area contributed by atoms with Crippen molar-refractivity contribution in [3.05, 3.63) is 23.4 Å². The fourth-order valence-electron chi connectivity index (χ4n) is 2.54. The molecule has 0 aliphatic rings. The van der Waals surface area contributed by atoms with Crippen LogP contribution in [0.3, 0.4) is 0 Å². The summed E-state index contributed by atoms with van der Waals surface area (Å²) in [7, 11) is -2.10. The average molecular weight is 380 g/mol. The summed E-state index contributed by atoms with van der Waals surface area (Å²) in [6, 6.07) is 3.11. The van der Waals surface area contributed by atoms with Crippen molar-refractivity contribution in [2.24, 2.45) is 0 Å². The van der Waals surface area contributed by atoms with Gasteiger partial charge in [0, 0.05) is 17.9 Å². The summed E-state index contributed by atoms with van der Waals surface area (Å²) < 4.78 is 35.5. The van der Waals surface area contributed by atoms with E-state index in [1.54, 1.807) is 6.07 Å². The fraction of sp³-hybridized carbons (Fsp3) is 0.412. The molecule has 1 aromatic carbocycles. The van der Waals surface area contributed by atoms with E-state index in [1.807, 2.05) is 20.8 Å². The predicted molar refractivity (Wildman–Crippen MR) is 101 cm³/mol. The van der Waals surface area contributed by atoms with Crippen LogP contribution in [-0.4, -0.2) is 31.8 Å². The van der Waals surface area contributed by atoms with Crippen LogP contribution in [0.25, 0.3) is 0 Å². The molecule has 0 saturated carbocycles. The molecule has 1 aromatic heterocycles. The monoisotopic (exact) mass is 380 g/mol. The Morgan fingerprint density at radius 2 is 1.81 bits per heavy atom. The van der Waals surface area contributed by atoms with Gasteiger partial charge in [0.25, 0.3) is 0 Å². The van der Waals surface area contributed by atoms with E-state index in [-0.39, 0.29) is 34.1 Å². The minimum atomic E-state index is -3.52. The van der Waals surface area contributed by atoms with E-state index >= 15 is 0 Å². The first-order valence-electron chi connectivity index (χ1n) is 8.10. The zero-order valence-corrected chi connectivity index (χ0v) is 16.3. The maximum absolute atomic E-state index is 12.1. The first-order valence-corrected chi connectivity index (χ1v) is 9.99. The number of sulfone groups is 1. The summed E-state index contributed by atoms with van der Waals surface area (Å²) in [6.45, 7) is 5.81. The number of hydrogen-bond donors (Lipinski definition) is 2. The summed E-state index contributed by atoms with van der Waals surface area (Å²) in [6.07, 6.45) is 1.64. The lowest BCUT2D eigenvalue weighted by molar-refractivity contribution is 0.397. The van der Waals surface area contributed by atoms with Crippen molar-refractivity contribution in [3.8, 4) is 17.2 Å². The van der Waals surface area contributed by atoms with Crippen LogP contribution in [0.15, 0.2) is 17.0 Å². The maximum atomic E-state index is 12.1. The summed E-state index contributed by atoms with van der Waals surface area (Å²) in [4.78, 5) is 8.12. The lowest BCUT2D eigenvalue weighted by atomic mass is 10.0. The number of hydrogen-bond acceptors (Lipinski definition) is 8. The fourth-order valence-corrected chi connectivity index (χ4v) is 3.37. The highest BCUT2D eigenvalue weighted by atomic mass is 32.2. The lowest BCUT2D eigenvalue weighted by Crippen LogP contribution is -2.08. The normalized spacial score (nSPS) is 11.6. The number of methoxy groups -OCH3 is 1. The molecule has 0 radical (unpaired) electrons. The quantitative estimate of drug-likeness (QED) is 0.781. The van der Waals surface area contributed by atoms with Gasteiger partial charge in [-0.3, -0.25) is 0 Å². The number of aromatic nitrogens is 2. The largest absolute Gasteiger partial charge is 0.495 e. The van der Waals surface area contributed by atoms with Gasteiger partial charge in [-0.15, -0.1) is 0 Å². The minimum Gasteiger partial charge on any atom is -0.495 e. The molecule has 0 saturated heterocycles. The average Bonchev–Trinajstić information content (AvgIpc) is 2.55. The molecule has 0 spiro atoms. The van der Waals surface area contributed by atoms with Crippen molar-refractivity contribution in [3.63, 3.8) is 0 Å². The van der Waals surface area contributed by atoms with Crippen LogP contribution in [0, 0.1) is 0 Å². The highest BCUT2D eigenvalue weighted by molar-refractivity contribution is 7.90. The first kappa shape index (κ1) is 19.8. The van der Waals surface area contributed by atoms with Gasteiger partial charge in [-0.2, -0.15) is 4.98 Å². The minimum absolute atomic E-state index is 0.0346. The Labute approximate surface area is 153 Å². The highest BCUT2D eigenvalue weighted by Crippen LogP contribution is 2.40. The molecule has 4 N–H and O–H groups in total. The number of nitrogen functional groups attached to an aromatic ring is 2. The number of ether oxygens (including phenoxy) is 2. The van der Waals surface area contributed by atoms with E-state index < -0.39 is 9.84 Å². The van der Waals surface area contributed by atoms with E-state index in [2.05, 4.69) is 9.97 Å². The number of rotatable bonds is 6. The van der Waals surface area contributed by atoms with Crippen molar-refractivity contribution < 1.29 is 17.9 Å². The molecule has 2 rings (SSSR count). The highest BCUT2D eigenvalue weighted by Gasteiger charge is 2.22. The van der Waals surface area contributed by atoms with Gasteiger partial charge in [0.2, 0.25) is 5.95 Å². The SMILES string of the molecule is CCc1nc(N)nc(N)c1Oc1cc(S(C)(=O)=O)c(OC)cc1C(C)C. The van der Waals surface area contributed by atoms with Crippen LogP contribution >= 0.6 is 0 Å². The summed E-state index contributed by atoms with van der Waals surface area (Å²) in [5, 5.41) is 0. The molecule has 142 valence electrons. The van der Waals surface area contributed by atoms with Gasteiger partial charge >= 0.3 is 0 Å². The van der Waals surface area contributed by atoms with Crippen molar-refractivity contribution in [2.45, 2.75) is 38.0 Å². The van der Waals surface area contributed by atoms with Crippen LogP contribution in [0.2, 0.25) is 0 Å². The molecule has 0 bridgehead atoms. The number of benzene rings is 1. The number of nitrogens with zero attached hydrogens (tertiary/aromatic N) is 2. The molecule has 9 heteroatoms. The van der Waals surface area contributed by atoms with Crippen molar-refractivity contribution in [2.75, 3.05) is 24.8 Å². The Kier molecular flexibility index (Phi) is 5.60. The molecule has 0 amide bonds. The Hall–Kier alpha value is -2.55. The van der Waals surface area contributed by atoms with Crippen LogP contribution in [0.5, 0.6) is 17.2 Å². The van der Waals surface area contributed by atoms with E-state index in [0.29, 0.717) is 17.9 Å². The standard InChI is InChI=1S/C17H24N4O4S/c1-6-11-15(16(18)21-17(19)20-11)25-12-8-14(26(5,22)23)13(24-4)7-10(12)9(2)3/h7-9H,6H2,1-5H3,(H4,18,19,20,21). The van der Waals surface area contributed by atoms with Gasteiger partial charge in [0.15, 0.2) is 21.4 Å². The molecule has 0 atom stereocenters. The predicted octanol–water partition coefficient (Wildman–Crippen LogP) is 2.53. The second-order valence-corrected chi connectivity index (χ2v) is 8.15. The molecular formula is C17H24N4O4S. The second kappa shape index (κ2) is 7.36. The van der Waals surface area contributed by atoms with Gasteiger partial charge in [-0.1, -0.05) is 20.8 Å². The van der Waals surface area contributed by atoms with Crippen molar-refractivity contribution >= 4 is 21.6 Å². The summed E-state index contributed by atoms with van der Waals surface area (Å²) in [5.74, 6) is 1.10. The molecule has 1 heterocycles. The van der Waals surface area contributed by atoms with Crippen LogP contribution in [0.1, 0.15) is 37.9 Å². The molecule has 26 heavy (non-hydrogen) atoms. The Bertz CT molecular complexity index is 927. The molecule has 0 unspecified atom stereocenters. The van der Waals surface area contributed by atoms with E-state index in [4.69, 9.17) is 20.9 Å². The zero-order valence-electron chi connectivity index (χ0n) is 15.5. The maximum Gasteiger partial charge on any atom is 0.222 e. The summed E-state index contributed by atoms with van der Waals surface area (Å²) >= 11 is 0. The first-order chi connectivity index (χ1) is 12.1. The molecule has 0 aliphatic carbocycles. The molecule has 0 aliphatic heterocycles. The van der Waals surface area contributed by atoms with Gasteiger partial charge in [0.1, 0.15) is 16.4 Å². The number of anilines is 2. The third kappa shape index (κ3) is 3.98. The van der Waals surface area contributed by atoms with Gasteiger partial charge in [-0.05, 0) is 18.4 Å². The lowest BCUT2D eigenvalue weighted by Gasteiger charge is -2.19. The van der Waals surface area contributed by atoms with E-state index in [9.17, 15) is 8.42 Å². The van der Waals surface area contributed by atoms with E-state index in [1.165, 1.54) is 13.2 Å². The van der Waals surface area contributed by atoms with Crippen LogP contribution in [0.4, 0.5) is 11.8 Å². The summed E-state index contributed by atoms with van der Waals surface area (Å²) in [5.41, 5.74) is 12.9. The van der Waals surface area contributed by atoms with Crippen molar-refractivity contribution in [1.29, 1.82) is 0 Å². The van der Waals surface area contributed by atoms with E-state index in [0.717, 1.165) is 11.8 Å². The molecule has 2 aromatic rings. The number of aryl methyl sites for hydroxylation is 1. The molecular weight excluding hydrogens is 356 g/mol. The number of nitrogens with two attached hydrogens (primary N) is 2. The van der Waals surface area contributed by atoms with Crippen LogP contribution < -0.4 is 20.9 Å². The van der Waals surface area contributed by atoms with Crippen molar-refractivity contribution in [1.82, 2.24) is 9.97 Å². The Morgan fingerprint density at radius 3 is 2.31 bits per heavy atom. The van der Waals surface area contributed by atoms with Gasteiger partial charge < -0.3 is 20.9 Å². The molecule has 0 fully saturated rings. The molecule has 8 nitrogen and oxygen atoms in total. The van der Waals surface area contributed by atoms with Gasteiger partial charge in [0.05, 0.1) is 12.8 Å². The zero-order chi connectivity index (χ0) is 19.6. The topological polar surface area (TPSA) is 130 Å². The Morgan fingerprint density at radius 1 is 1.15 bits per heavy atom. The second-order valence-electron chi connectivity index (χ2n) is 6.17. The smallest absolute Gasteiger partial charge is 0.222 e. The van der Waals surface area contributed by atoms with Gasteiger partial charge in [-0.25, -0.2) is 13.4 Å². The van der Waals surface area contributed by atoms with Crippen LogP contribution in [-0.2, 0) is 16.3 Å².